The van der Waals surface area contributed by atoms with Crippen molar-refractivity contribution in [1.82, 2.24) is 9.80 Å². The normalized spacial score (nSPS) is 20.2. The van der Waals surface area contributed by atoms with E-state index in [0.717, 1.165) is 75.2 Å². The quantitative estimate of drug-likeness (QED) is 0.540. The summed E-state index contributed by atoms with van der Waals surface area (Å²) in [7, 11) is 0. The molecule has 7 nitrogen and oxygen atoms in total. The van der Waals surface area contributed by atoms with E-state index in [4.69, 9.17) is 9.47 Å². The third kappa shape index (κ3) is 6.07. The summed E-state index contributed by atoms with van der Waals surface area (Å²) in [4.78, 5) is 16.4. The van der Waals surface area contributed by atoms with Crippen molar-refractivity contribution in [3.05, 3.63) is 23.8 Å². The zero-order valence-corrected chi connectivity index (χ0v) is 19.9. The fraction of sp³-hybridized carbons (Fsp3) is 0.680. The average Bonchev–Trinajstić information content (AvgIpc) is 2.77. The number of hydrogen-bond acceptors (Lipinski definition) is 6. The van der Waals surface area contributed by atoms with E-state index in [2.05, 4.69) is 43.1 Å². The molecule has 176 valence electrons. The monoisotopic (exact) mass is 442 g/mol. The van der Waals surface area contributed by atoms with Crippen LogP contribution >= 0.6 is 0 Å². The highest BCUT2D eigenvalue weighted by Gasteiger charge is 2.37. The first-order chi connectivity index (χ1) is 15.5. The molecule has 1 aliphatic heterocycles. The Hall–Kier alpha value is -2.46. The van der Waals surface area contributed by atoms with Gasteiger partial charge in [-0.15, -0.1) is 0 Å². The van der Waals surface area contributed by atoms with Gasteiger partial charge in [0, 0.05) is 37.9 Å². The van der Waals surface area contributed by atoms with Gasteiger partial charge < -0.3 is 19.7 Å². The van der Waals surface area contributed by atoms with Crippen LogP contribution in [0.3, 0.4) is 0 Å². The summed E-state index contributed by atoms with van der Waals surface area (Å²) in [6.45, 7) is 10.6. The van der Waals surface area contributed by atoms with Gasteiger partial charge >= 0.3 is 6.09 Å². The van der Waals surface area contributed by atoms with E-state index < -0.39 is 5.54 Å². The second-order valence-electron chi connectivity index (χ2n) is 9.01. The van der Waals surface area contributed by atoms with E-state index in [1.807, 2.05) is 17.0 Å². The summed E-state index contributed by atoms with van der Waals surface area (Å²) < 4.78 is 11.5. The van der Waals surface area contributed by atoms with Gasteiger partial charge in [-0.1, -0.05) is 20.3 Å². The standard InChI is InChI=1S/C25H38N4O3/c1-4-6-15-32-24(30)29-13-12-28(18-20(29)3)14-16-31-23-9-8-22(17-21(23)5-2)27-25(19-26)10-7-11-25/h8-9,17,20,27H,4-7,10-16,18H2,1-3H3/t20-/m0/s1. The van der Waals surface area contributed by atoms with Crippen LogP contribution in [0.4, 0.5) is 10.5 Å². The molecular weight excluding hydrogens is 404 g/mol. The Morgan fingerprint density at radius 1 is 1.28 bits per heavy atom. The molecule has 3 rings (SSSR count). The van der Waals surface area contributed by atoms with Crippen molar-refractivity contribution in [2.75, 3.05) is 44.7 Å². The summed E-state index contributed by atoms with van der Waals surface area (Å²) in [5, 5.41) is 12.9. The number of unbranched alkanes of at least 4 members (excludes halogenated alkanes) is 1. The van der Waals surface area contributed by atoms with Crippen LogP contribution < -0.4 is 10.1 Å². The molecule has 1 N–H and O–H groups in total. The zero-order valence-electron chi connectivity index (χ0n) is 19.9. The van der Waals surface area contributed by atoms with Crippen molar-refractivity contribution in [3.8, 4) is 11.8 Å². The maximum atomic E-state index is 12.3. The molecule has 2 fully saturated rings. The van der Waals surface area contributed by atoms with Crippen LogP contribution in [0.5, 0.6) is 5.75 Å². The summed E-state index contributed by atoms with van der Waals surface area (Å²) in [6, 6.07) is 8.70. The minimum Gasteiger partial charge on any atom is -0.492 e. The van der Waals surface area contributed by atoms with Crippen molar-refractivity contribution in [2.24, 2.45) is 0 Å². The van der Waals surface area contributed by atoms with Crippen LogP contribution in [0.25, 0.3) is 0 Å². The molecule has 0 spiro atoms. The number of carbonyl (C=O) groups is 1. The van der Waals surface area contributed by atoms with E-state index in [9.17, 15) is 10.1 Å². The molecule has 2 aliphatic rings. The number of carbonyl (C=O) groups excluding carboxylic acids is 1. The van der Waals surface area contributed by atoms with Gasteiger partial charge in [0.05, 0.1) is 12.7 Å². The summed E-state index contributed by atoms with van der Waals surface area (Å²) >= 11 is 0. The maximum absolute atomic E-state index is 12.3. The van der Waals surface area contributed by atoms with Crippen molar-refractivity contribution < 1.29 is 14.3 Å². The number of nitrogens with one attached hydrogen (secondary N) is 1. The highest BCUT2D eigenvalue weighted by molar-refractivity contribution is 5.68. The highest BCUT2D eigenvalue weighted by Crippen LogP contribution is 2.35. The first-order valence-electron chi connectivity index (χ1n) is 12.1. The van der Waals surface area contributed by atoms with Crippen molar-refractivity contribution in [3.63, 3.8) is 0 Å². The molecule has 1 atom stereocenters. The van der Waals surface area contributed by atoms with E-state index in [1.165, 1.54) is 0 Å². The van der Waals surface area contributed by atoms with E-state index in [0.29, 0.717) is 19.8 Å². The molecule has 32 heavy (non-hydrogen) atoms. The molecular formula is C25H38N4O3. The second-order valence-corrected chi connectivity index (χ2v) is 9.01. The maximum Gasteiger partial charge on any atom is 0.410 e. The van der Waals surface area contributed by atoms with E-state index in [-0.39, 0.29) is 12.1 Å². The lowest BCUT2D eigenvalue weighted by atomic mass is 9.78. The smallest absolute Gasteiger partial charge is 0.410 e. The largest absolute Gasteiger partial charge is 0.492 e. The van der Waals surface area contributed by atoms with Gasteiger partial charge in [0.25, 0.3) is 0 Å². The number of ether oxygens (including phenoxy) is 2. The summed E-state index contributed by atoms with van der Waals surface area (Å²) in [6.07, 6.45) is 5.54. The lowest BCUT2D eigenvalue weighted by Gasteiger charge is -2.39. The summed E-state index contributed by atoms with van der Waals surface area (Å²) in [5.74, 6) is 0.906. The molecule has 0 unspecified atom stereocenters. The lowest BCUT2D eigenvalue weighted by molar-refractivity contribution is 0.0474. The van der Waals surface area contributed by atoms with E-state index in [1.54, 1.807) is 0 Å². The fourth-order valence-electron chi connectivity index (χ4n) is 4.32. The average molecular weight is 443 g/mol. The number of benzene rings is 1. The molecule has 1 aromatic rings. The van der Waals surface area contributed by atoms with Gasteiger partial charge in [-0.2, -0.15) is 5.26 Å². The minimum absolute atomic E-state index is 0.133. The Balaban J connectivity index is 1.45. The zero-order chi connectivity index (χ0) is 23.0. The number of anilines is 1. The molecule has 0 bridgehead atoms. The highest BCUT2D eigenvalue weighted by atomic mass is 16.6. The van der Waals surface area contributed by atoms with Gasteiger partial charge in [-0.25, -0.2) is 4.79 Å². The van der Waals surface area contributed by atoms with Crippen molar-refractivity contribution in [1.29, 1.82) is 5.26 Å². The molecule has 1 aromatic carbocycles. The fourth-order valence-corrected chi connectivity index (χ4v) is 4.32. The van der Waals surface area contributed by atoms with Crippen LogP contribution in [-0.4, -0.2) is 66.9 Å². The summed E-state index contributed by atoms with van der Waals surface area (Å²) in [5.41, 5.74) is 1.75. The van der Waals surface area contributed by atoms with Crippen molar-refractivity contribution in [2.45, 2.75) is 70.9 Å². The van der Waals surface area contributed by atoms with Crippen LogP contribution in [0.2, 0.25) is 0 Å². The van der Waals surface area contributed by atoms with Gasteiger partial charge in [0.2, 0.25) is 0 Å². The van der Waals surface area contributed by atoms with Gasteiger partial charge in [-0.05, 0) is 62.8 Å². The Bertz CT molecular complexity index is 803. The first-order valence-corrected chi connectivity index (χ1v) is 12.1. The number of nitriles is 1. The number of aryl methyl sites for hydroxylation is 1. The molecule has 1 amide bonds. The molecule has 1 aliphatic carbocycles. The van der Waals surface area contributed by atoms with Gasteiger partial charge in [0.1, 0.15) is 17.9 Å². The van der Waals surface area contributed by atoms with Crippen LogP contribution in [0, 0.1) is 11.3 Å². The van der Waals surface area contributed by atoms with Crippen LogP contribution in [0.15, 0.2) is 18.2 Å². The molecule has 0 aromatic heterocycles. The predicted octanol–water partition coefficient (Wildman–Crippen LogP) is 4.43. The molecule has 1 saturated heterocycles. The lowest BCUT2D eigenvalue weighted by Crippen LogP contribution is -2.54. The first kappa shape index (κ1) is 24.2. The Morgan fingerprint density at radius 2 is 2.09 bits per heavy atom. The van der Waals surface area contributed by atoms with Gasteiger partial charge in [-0.3, -0.25) is 4.90 Å². The number of hydrogen-bond donors (Lipinski definition) is 1. The van der Waals surface area contributed by atoms with E-state index >= 15 is 0 Å². The number of piperazine rings is 1. The molecule has 1 heterocycles. The number of amides is 1. The minimum atomic E-state index is -0.394. The number of rotatable bonds is 10. The third-order valence-corrected chi connectivity index (χ3v) is 6.58. The molecule has 0 radical (unpaired) electrons. The van der Waals surface area contributed by atoms with Gasteiger partial charge in [0.15, 0.2) is 0 Å². The molecule has 1 saturated carbocycles. The SMILES string of the molecule is CCCCOC(=O)N1CCN(CCOc2ccc(NC3(C#N)CCC3)cc2CC)C[C@@H]1C. The predicted molar refractivity (Wildman–Crippen MR) is 126 cm³/mol. The number of nitrogens with zero attached hydrogens (tertiary/aromatic N) is 3. The van der Waals surface area contributed by atoms with Crippen LogP contribution in [0.1, 0.15) is 58.4 Å². The third-order valence-electron chi connectivity index (χ3n) is 6.58. The van der Waals surface area contributed by atoms with Crippen molar-refractivity contribution >= 4 is 11.8 Å². The Morgan fingerprint density at radius 3 is 2.72 bits per heavy atom. The topological polar surface area (TPSA) is 77.8 Å². The second kappa shape index (κ2) is 11.4. The Labute approximate surface area is 192 Å². The molecule has 7 heteroatoms. The Kier molecular flexibility index (Phi) is 8.63. The van der Waals surface area contributed by atoms with Crippen LogP contribution in [-0.2, 0) is 11.2 Å².